The van der Waals surface area contributed by atoms with Crippen LogP contribution in [0, 0.1) is 0 Å². The van der Waals surface area contributed by atoms with Crippen molar-refractivity contribution in [2.75, 3.05) is 13.7 Å². The average Bonchev–Trinajstić information content (AvgIpc) is 2.73. The first-order chi connectivity index (χ1) is 13.6. The predicted octanol–water partition coefficient (Wildman–Crippen LogP) is 3.40. The van der Waals surface area contributed by atoms with Crippen LogP contribution in [0.2, 0.25) is 0 Å². The van der Waals surface area contributed by atoms with E-state index < -0.39 is 23.3 Å². The molecule has 0 bridgehead atoms. The highest BCUT2D eigenvalue weighted by molar-refractivity contribution is 5.93. The Kier molecular flexibility index (Phi) is 4.65. The second-order valence-electron chi connectivity index (χ2n) is 6.56. The van der Waals surface area contributed by atoms with Gasteiger partial charge in [0, 0.05) is 13.0 Å². The molecule has 28 heavy (non-hydrogen) atoms. The maximum atomic E-state index is 13.2. The van der Waals surface area contributed by atoms with E-state index >= 15 is 0 Å². The van der Waals surface area contributed by atoms with Crippen LogP contribution in [0.15, 0.2) is 63.8 Å². The van der Waals surface area contributed by atoms with E-state index in [4.69, 9.17) is 18.6 Å². The lowest BCUT2D eigenvalue weighted by molar-refractivity contribution is -0.154. The lowest BCUT2D eigenvalue weighted by atomic mass is 9.70. The second kappa shape index (κ2) is 7.13. The molecule has 3 aromatic rings. The molecule has 0 radical (unpaired) electrons. The molecule has 1 aliphatic rings. The minimum atomic E-state index is -1.39. The molecule has 2 aromatic carbocycles. The summed E-state index contributed by atoms with van der Waals surface area (Å²) in [6.45, 7) is 2.24. The lowest BCUT2D eigenvalue weighted by Crippen LogP contribution is -2.49. The Morgan fingerprint density at radius 2 is 1.86 bits per heavy atom. The van der Waals surface area contributed by atoms with Crippen LogP contribution in [0.4, 0.5) is 0 Å². The SMILES string of the molecule is CCOC1CC(C(=O)OC)(c2ccccc2)c2c(c3ccccc3oc2=O)O1. The topological polar surface area (TPSA) is 75.0 Å². The maximum absolute atomic E-state index is 13.2. The van der Waals surface area contributed by atoms with Gasteiger partial charge in [-0.15, -0.1) is 0 Å². The summed E-state index contributed by atoms with van der Waals surface area (Å²) in [6, 6.07) is 16.1. The number of fused-ring (bicyclic) bond motifs is 3. The number of ether oxygens (including phenoxy) is 3. The molecule has 0 saturated heterocycles. The van der Waals surface area contributed by atoms with Crippen LogP contribution in [0.3, 0.4) is 0 Å². The number of benzene rings is 2. The molecule has 0 aliphatic carbocycles. The third kappa shape index (κ3) is 2.68. The Bertz CT molecular complexity index is 1070. The van der Waals surface area contributed by atoms with Gasteiger partial charge in [-0.05, 0) is 24.6 Å². The second-order valence-corrected chi connectivity index (χ2v) is 6.56. The van der Waals surface area contributed by atoms with Gasteiger partial charge in [-0.2, -0.15) is 0 Å². The molecular formula is C22H20O6. The van der Waals surface area contributed by atoms with Crippen LogP contribution in [0.25, 0.3) is 11.0 Å². The fourth-order valence-corrected chi connectivity index (χ4v) is 3.88. The summed E-state index contributed by atoms with van der Waals surface area (Å²) in [7, 11) is 1.31. The molecule has 0 fully saturated rings. The smallest absolute Gasteiger partial charge is 0.344 e. The number of methoxy groups -OCH3 is 1. The molecular weight excluding hydrogens is 360 g/mol. The van der Waals surface area contributed by atoms with Crippen LogP contribution in [0.5, 0.6) is 5.75 Å². The van der Waals surface area contributed by atoms with Crippen molar-refractivity contribution in [1.82, 2.24) is 0 Å². The van der Waals surface area contributed by atoms with Gasteiger partial charge in [0.2, 0.25) is 6.29 Å². The molecule has 0 amide bonds. The number of rotatable bonds is 4. The van der Waals surface area contributed by atoms with Gasteiger partial charge in [-0.3, -0.25) is 4.79 Å². The molecule has 2 atom stereocenters. The van der Waals surface area contributed by atoms with Gasteiger partial charge in [0.25, 0.3) is 0 Å². The van der Waals surface area contributed by atoms with E-state index in [9.17, 15) is 9.59 Å². The third-order valence-corrected chi connectivity index (χ3v) is 5.07. The molecule has 4 rings (SSSR count). The summed E-state index contributed by atoms with van der Waals surface area (Å²) in [6.07, 6.45) is -0.616. The third-order valence-electron chi connectivity index (χ3n) is 5.07. The molecule has 6 nitrogen and oxygen atoms in total. The largest absolute Gasteiger partial charge is 0.468 e. The Hall–Kier alpha value is -3.12. The fourth-order valence-electron chi connectivity index (χ4n) is 3.88. The summed E-state index contributed by atoms with van der Waals surface area (Å²) in [5.41, 5.74) is -0.874. The standard InChI is InChI=1S/C22H20O6/c1-3-26-17-13-22(21(24)25-2,14-9-5-4-6-10-14)18-19(28-17)15-11-7-8-12-16(15)27-20(18)23/h4-12,17H,3,13H2,1-2H3. The molecule has 1 aliphatic heterocycles. The Morgan fingerprint density at radius 3 is 2.57 bits per heavy atom. The van der Waals surface area contributed by atoms with Crippen molar-refractivity contribution >= 4 is 16.9 Å². The highest BCUT2D eigenvalue weighted by Gasteiger charge is 2.53. The molecule has 1 aromatic heterocycles. The summed E-state index contributed by atoms with van der Waals surface area (Å²) in [4.78, 5) is 26.2. The molecule has 2 heterocycles. The van der Waals surface area contributed by atoms with Crippen molar-refractivity contribution in [3.63, 3.8) is 0 Å². The van der Waals surface area contributed by atoms with E-state index in [0.29, 0.717) is 28.9 Å². The number of hydrogen-bond donors (Lipinski definition) is 0. The summed E-state index contributed by atoms with van der Waals surface area (Å²) in [5.74, 6) is -0.263. The number of esters is 1. The van der Waals surface area contributed by atoms with E-state index in [-0.39, 0.29) is 12.0 Å². The molecule has 0 N–H and O–H groups in total. The van der Waals surface area contributed by atoms with Crippen LogP contribution in [0.1, 0.15) is 24.5 Å². The normalized spacial score (nSPS) is 21.0. The summed E-state index contributed by atoms with van der Waals surface area (Å²) >= 11 is 0. The maximum Gasteiger partial charge on any atom is 0.344 e. The minimum Gasteiger partial charge on any atom is -0.468 e. The van der Waals surface area contributed by atoms with Crippen LogP contribution >= 0.6 is 0 Å². The van der Waals surface area contributed by atoms with Gasteiger partial charge in [-0.25, -0.2) is 4.79 Å². The van der Waals surface area contributed by atoms with Gasteiger partial charge in [0.1, 0.15) is 22.3 Å². The molecule has 6 heteroatoms. The predicted molar refractivity (Wildman–Crippen MR) is 102 cm³/mol. The summed E-state index contributed by atoms with van der Waals surface area (Å²) < 4.78 is 22.5. The zero-order chi connectivity index (χ0) is 19.7. The lowest BCUT2D eigenvalue weighted by Gasteiger charge is -2.39. The van der Waals surface area contributed by atoms with Crippen LogP contribution in [-0.4, -0.2) is 26.0 Å². The van der Waals surface area contributed by atoms with Crippen molar-refractivity contribution in [1.29, 1.82) is 0 Å². The zero-order valence-electron chi connectivity index (χ0n) is 15.6. The monoisotopic (exact) mass is 380 g/mol. The Morgan fingerprint density at radius 1 is 1.14 bits per heavy atom. The van der Waals surface area contributed by atoms with Gasteiger partial charge in [0.05, 0.1) is 12.5 Å². The van der Waals surface area contributed by atoms with E-state index in [0.717, 1.165) is 0 Å². The van der Waals surface area contributed by atoms with Gasteiger partial charge >= 0.3 is 11.6 Å². The fraction of sp³-hybridized carbons (Fsp3) is 0.273. The molecule has 2 unspecified atom stereocenters. The first-order valence-electron chi connectivity index (χ1n) is 9.10. The quantitative estimate of drug-likeness (QED) is 0.510. The number of carbonyl (C=O) groups excluding carboxylic acids is 1. The van der Waals surface area contributed by atoms with Crippen molar-refractivity contribution in [3.05, 3.63) is 76.1 Å². The first-order valence-corrected chi connectivity index (χ1v) is 9.10. The Balaban J connectivity index is 2.11. The summed E-state index contributed by atoms with van der Waals surface area (Å²) in [5, 5.41) is 0.603. The van der Waals surface area contributed by atoms with Gasteiger partial charge < -0.3 is 18.6 Å². The van der Waals surface area contributed by atoms with E-state index in [1.54, 1.807) is 30.3 Å². The van der Waals surface area contributed by atoms with Crippen molar-refractivity contribution < 1.29 is 23.4 Å². The van der Waals surface area contributed by atoms with Gasteiger partial charge in [-0.1, -0.05) is 42.5 Å². The number of carbonyl (C=O) groups is 1. The number of para-hydroxylation sites is 1. The van der Waals surface area contributed by atoms with E-state index in [1.807, 2.05) is 31.2 Å². The molecule has 144 valence electrons. The highest BCUT2D eigenvalue weighted by Crippen LogP contribution is 2.47. The van der Waals surface area contributed by atoms with Crippen LogP contribution < -0.4 is 10.4 Å². The number of hydrogen-bond acceptors (Lipinski definition) is 6. The average molecular weight is 380 g/mol. The zero-order valence-corrected chi connectivity index (χ0v) is 15.6. The van der Waals surface area contributed by atoms with E-state index in [2.05, 4.69) is 0 Å². The van der Waals surface area contributed by atoms with Gasteiger partial charge in [0.15, 0.2) is 0 Å². The van der Waals surface area contributed by atoms with Crippen LogP contribution in [-0.2, 0) is 19.7 Å². The molecule has 0 spiro atoms. The first kappa shape index (κ1) is 18.3. The minimum absolute atomic E-state index is 0.105. The van der Waals surface area contributed by atoms with E-state index in [1.165, 1.54) is 7.11 Å². The van der Waals surface area contributed by atoms with Crippen molar-refractivity contribution in [2.45, 2.75) is 25.0 Å². The molecule has 0 saturated carbocycles. The highest BCUT2D eigenvalue weighted by atomic mass is 16.7. The van der Waals surface area contributed by atoms with Crippen molar-refractivity contribution in [3.8, 4) is 5.75 Å². The Labute approximate surface area is 161 Å². The van der Waals surface area contributed by atoms with Crippen molar-refractivity contribution in [2.24, 2.45) is 0 Å².